The Bertz CT molecular complexity index is 813. The van der Waals surface area contributed by atoms with E-state index in [-0.39, 0.29) is 22.7 Å². The molecule has 1 saturated heterocycles. The van der Waals surface area contributed by atoms with E-state index in [1.807, 2.05) is 12.1 Å². The van der Waals surface area contributed by atoms with Gasteiger partial charge in [-0.25, -0.2) is 8.42 Å². The van der Waals surface area contributed by atoms with Gasteiger partial charge in [-0.1, -0.05) is 12.5 Å². The number of hydrogen-bond donors (Lipinski definition) is 1. The first-order valence-electron chi connectivity index (χ1n) is 9.02. The minimum atomic E-state index is -3.63. The summed E-state index contributed by atoms with van der Waals surface area (Å²) in [5.41, 5.74) is 0. The number of carbonyl (C=O) groups is 1. The molecule has 27 heavy (non-hydrogen) atoms. The maximum atomic E-state index is 12.4. The van der Waals surface area contributed by atoms with Crippen molar-refractivity contribution in [3.05, 3.63) is 41.7 Å². The Labute approximate surface area is 164 Å². The number of likely N-dealkylation sites (tertiary alicyclic amines) is 1. The van der Waals surface area contributed by atoms with Crippen LogP contribution in [0.3, 0.4) is 0 Å². The largest absolute Gasteiger partial charge is 0.468 e. The highest BCUT2D eigenvalue weighted by molar-refractivity contribution is 7.91. The van der Waals surface area contributed by atoms with Crippen LogP contribution in [0.5, 0.6) is 0 Å². The smallest absolute Gasteiger partial charge is 0.252 e. The van der Waals surface area contributed by atoms with E-state index in [0.717, 1.165) is 47.3 Å². The molecule has 3 heterocycles. The highest BCUT2D eigenvalue weighted by atomic mass is 32.2. The van der Waals surface area contributed by atoms with Gasteiger partial charge in [-0.15, -0.1) is 11.3 Å². The zero-order chi connectivity index (χ0) is 19.3. The lowest BCUT2D eigenvalue weighted by molar-refractivity contribution is -0.121. The third-order valence-corrected chi connectivity index (χ3v) is 7.90. The van der Waals surface area contributed by atoms with E-state index in [4.69, 9.17) is 4.42 Å². The monoisotopic (exact) mass is 411 g/mol. The molecule has 1 amide bonds. The van der Waals surface area contributed by atoms with Crippen molar-refractivity contribution in [1.82, 2.24) is 14.5 Å². The molecule has 1 aliphatic rings. The van der Waals surface area contributed by atoms with Crippen molar-refractivity contribution >= 4 is 27.3 Å². The fourth-order valence-electron chi connectivity index (χ4n) is 3.24. The van der Waals surface area contributed by atoms with Crippen molar-refractivity contribution in [2.45, 2.75) is 29.5 Å². The van der Waals surface area contributed by atoms with Gasteiger partial charge in [0.1, 0.15) is 9.97 Å². The predicted octanol–water partition coefficient (Wildman–Crippen LogP) is 2.30. The summed E-state index contributed by atoms with van der Waals surface area (Å²) in [6, 6.07) is 6.94. The third kappa shape index (κ3) is 4.98. The van der Waals surface area contributed by atoms with Crippen LogP contribution in [0, 0.1) is 0 Å². The Morgan fingerprint density at radius 1 is 1.30 bits per heavy atom. The molecule has 9 heteroatoms. The summed E-state index contributed by atoms with van der Waals surface area (Å²) in [7, 11) is -2.21. The van der Waals surface area contributed by atoms with E-state index in [1.54, 1.807) is 17.7 Å². The number of amides is 1. The molecular formula is C18H25N3O4S2. The molecular weight excluding hydrogens is 386 g/mol. The Balaban J connectivity index is 1.59. The molecule has 0 radical (unpaired) electrons. The molecule has 3 rings (SSSR count). The van der Waals surface area contributed by atoms with Gasteiger partial charge in [0, 0.05) is 13.6 Å². The second kappa shape index (κ2) is 9.01. The maximum Gasteiger partial charge on any atom is 0.252 e. The number of furan rings is 1. The number of thiophene rings is 1. The van der Waals surface area contributed by atoms with E-state index in [9.17, 15) is 13.2 Å². The van der Waals surface area contributed by atoms with Crippen LogP contribution in [0.2, 0.25) is 0 Å². The Morgan fingerprint density at radius 2 is 2.07 bits per heavy atom. The van der Waals surface area contributed by atoms with Gasteiger partial charge in [0.15, 0.2) is 0 Å². The van der Waals surface area contributed by atoms with Crippen molar-refractivity contribution in [2.75, 3.05) is 33.2 Å². The standard InChI is InChI=1S/C18H25N3O4S2/c1-20(27(23,24)18-8-6-12-26-18)14-17(22)19-13-15(16-7-5-11-25-16)21-9-3-2-4-10-21/h5-8,11-12,15H,2-4,9-10,13-14H2,1H3,(H,19,22). The Morgan fingerprint density at radius 3 is 2.70 bits per heavy atom. The van der Waals surface area contributed by atoms with Crippen LogP contribution in [0.1, 0.15) is 31.1 Å². The lowest BCUT2D eigenvalue weighted by atomic mass is 10.1. The van der Waals surface area contributed by atoms with E-state index in [0.29, 0.717) is 6.54 Å². The fraction of sp³-hybridized carbons (Fsp3) is 0.500. The summed E-state index contributed by atoms with van der Waals surface area (Å²) in [6.45, 7) is 2.10. The SMILES string of the molecule is CN(CC(=O)NCC(c1ccco1)N1CCCCC1)S(=O)(=O)c1cccs1. The van der Waals surface area contributed by atoms with Gasteiger partial charge < -0.3 is 9.73 Å². The Hall–Kier alpha value is -1.68. The first-order chi connectivity index (χ1) is 13.0. The van der Waals surface area contributed by atoms with Crippen molar-refractivity contribution in [1.29, 1.82) is 0 Å². The summed E-state index contributed by atoms with van der Waals surface area (Å²) >= 11 is 1.14. The van der Waals surface area contributed by atoms with Gasteiger partial charge >= 0.3 is 0 Å². The zero-order valence-corrected chi connectivity index (χ0v) is 17.0. The average molecular weight is 412 g/mol. The van der Waals surface area contributed by atoms with Gasteiger partial charge in [-0.3, -0.25) is 9.69 Å². The van der Waals surface area contributed by atoms with Crippen LogP contribution in [-0.2, 0) is 14.8 Å². The van der Waals surface area contributed by atoms with Crippen LogP contribution in [-0.4, -0.2) is 56.8 Å². The summed E-state index contributed by atoms with van der Waals surface area (Å²) in [5, 5.41) is 4.58. The van der Waals surface area contributed by atoms with E-state index >= 15 is 0 Å². The van der Waals surface area contributed by atoms with Crippen LogP contribution < -0.4 is 5.32 Å². The molecule has 0 spiro atoms. The number of sulfonamides is 1. The van der Waals surface area contributed by atoms with E-state index in [2.05, 4.69) is 10.2 Å². The molecule has 0 saturated carbocycles. The zero-order valence-electron chi connectivity index (χ0n) is 15.3. The average Bonchev–Trinajstić information content (AvgIpc) is 3.37. The molecule has 148 valence electrons. The fourth-order valence-corrected chi connectivity index (χ4v) is 5.57. The number of nitrogens with one attached hydrogen (secondary N) is 1. The molecule has 1 unspecified atom stereocenters. The van der Waals surface area contributed by atoms with Gasteiger partial charge in [-0.05, 0) is 49.5 Å². The van der Waals surface area contributed by atoms with Gasteiger partial charge in [-0.2, -0.15) is 4.31 Å². The third-order valence-electron chi connectivity index (χ3n) is 4.72. The normalized spacial score (nSPS) is 17.1. The summed E-state index contributed by atoms with van der Waals surface area (Å²) in [6.07, 6.45) is 5.12. The van der Waals surface area contributed by atoms with Crippen molar-refractivity contribution < 1.29 is 17.6 Å². The van der Waals surface area contributed by atoms with E-state index < -0.39 is 10.0 Å². The van der Waals surface area contributed by atoms with Crippen LogP contribution in [0.15, 0.2) is 44.5 Å². The van der Waals surface area contributed by atoms with Gasteiger partial charge in [0.05, 0.1) is 18.8 Å². The first-order valence-corrected chi connectivity index (χ1v) is 11.3. The predicted molar refractivity (Wildman–Crippen MR) is 104 cm³/mol. The van der Waals surface area contributed by atoms with Crippen molar-refractivity contribution in [2.24, 2.45) is 0 Å². The minimum Gasteiger partial charge on any atom is -0.468 e. The quantitative estimate of drug-likeness (QED) is 0.721. The number of likely N-dealkylation sites (N-methyl/N-ethyl adjacent to an activating group) is 1. The Kier molecular flexibility index (Phi) is 6.69. The van der Waals surface area contributed by atoms with Gasteiger partial charge in [0.2, 0.25) is 5.91 Å². The lowest BCUT2D eigenvalue weighted by Crippen LogP contribution is -2.43. The second-order valence-electron chi connectivity index (χ2n) is 6.63. The van der Waals surface area contributed by atoms with E-state index in [1.165, 1.54) is 19.5 Å². The van der Waals surface area contributed by atoms with Crippen LogP contribution >= 0.6 is 11.3 Å². The maximum absolute atomic E-state index is 12.4. The molecule has 0 aromatic carbocycles. The van der Waals surface area contributed by atoms with Gasteiger partial charge in [0.25, 0.3) is 10.0 Å². The molecule has 2 aromatic heterocycles. The first kappa shape index (κ1) is 20.1. The minimum absolute atomic E-state index is 0.0385. The number of rotatable bonds is 8. The molecule has 0 aliphatic carbocycles. The number of hydrogen-bond acceptors (Lipinski definition) is 6. The van der Waals surface area contributed by atoms with Crippen LogP contribution in [0.4, 0.5) is 0 Å². The summed E-state index contributed by atoms with van der Waals surface area (Å²) in [5.74, 6) is 0.489. The van der Waals surface area contributed by atoms with Crippen LogP contribution in [0.25, 0.3) is 0 Å². The number of nitrogens with zero attached hydrogens (tertiary/aromatic N) is 2. The molecule has 0 bridgehead atoms. The highest BCUT2D eigenvalue weighted by Crippen LogP contribution is 2.24. The highest BCUT2D eigenvalue weighted by Gasteiger charge is 2.27. The number of carbonyl (C=O) groups excluding carboxylic acids is 1. The second-order valence-corrected chi connectivity index (χ2v) is 9.84. The molecule has 7 nitrogen and oxygen atoms in total. The molecule has 1 fully saturated rings. The van der Waals surface area contributed by atoms with Crippen molar-refractivity contribution in [3.63, 3.8) is 0 Å². The topological polar surface area (TPSA) is 82.9 Å². The molecule has 1 atom stereocenters. The molecule has 1 N–H and O–H groups in total. The summed E-state index contributed by atoms with van der Waals surface area (Å²) < 4.78 is 31.8. The number of piperidine rings is 1. The van der Waals surface area contributed by atoms with Crippen molar-refractivity contribution in [3.8, 4) is 0 Å². The molecule has 2 aromatic rings. The molecule has 1 aliphatic heterocycles. The lowest BCUT2D eigenvalue weighted by Gasteiger charge is -2.33. The summed E-state index contributed by atoms with van der Waals surface area (Å²) in [4.78, 5) is 14.7.